The molecule has 0 bridgehead atoms. The summed E-state index contributed by atoms with van der Waals surface area (Å²) in [7, 11) is -3.58. The van der Waals surface area contributed by atoms with Gasteiger partial charge in [-0.3, -0.25) is 0 Å². The van der Waals surface area contributed by atoms with Crippen LogP contribution in [-0.2, 0) is 16.4 Å². The number of para-hydroxylation sites is 1. The van der Waals surface area contributed by atoms with Gasteiger partial charge in [-0.1, -0.05) is 17.3 Å². The fourth-order valence-electron chi connectivity index (χ4n) is 1.86. The molecule has 1 aromatic carbocycles. The molecule has 0 radical (unpaired) electrons. The van der Waals surface area contributed by atoms with Gasteiger partial charge in [-0.05, 0) is 19.1 Å². The predicted octanol–water partition coefficient (Wildman–Crippen LogP) is 1.33. The van der Waals surface area contributed by atoms with Crippen LogP contribution in [-0.4, -0.2) is 31.6 Å². The largest absolute Gasteiger partial charge is 0.384 e. The molecule has 0 atom stereocenters. The maximum Gasteiger partial charge on any atom is 0.242 e. The lowest BCUT2D eigenvalue weighted by Crippen LogP contribution is -2.27. The summed E-state index contributed by atoms with van der Waals surface area (Å²) < 4.78 is 32.0. The zero-order valence-corrected chi connectivity index (χ0v) is 12.8. The predicted molar refractivity (Wildman–Crippen MR) is 78.5 cm³/mol. The average Bonchev–Trinajstić information content (AvgIpc) is 2.85. The van der Waals surface area contributed by atoms with E-state index in [1.54, 1.807) is 31.2 Å². The number of benzene rings is 1. The van der Waals surface area contributed by atoms with Gasteiger partial charge in [0.25, 0.3) is 0 Å². The van der Waals surface area contributed by atoms with Crippen molar-refractivity contribution >= 4 is 15.7 Å². The summed E-state index contributed by atoms with van der Waals surface area (Å²) in [6, 6.07) is 6.79. The highest BCUT2D eigenvalue weighted by Gasteiger charge is 2.17. The highest BCUT2D eigenvalue weighted by molar-refractivity contribution is 7.89. The highest BCUT2D eigenvalue weighted by atomic mass is 32.2. The molecule has 114 valence electrons. The minimum atomic E-state index is -3.58. The van der Waals surface area contributed by atoms with E-state index in [9.17, 15) is 8.42 Å². The fraction of sp³-hybridized carbons (Fsp3) is 0.385. The standard InChI is InChI=1S/C13H18N4O3S/c1-3-14-11-6-4-5-7-12(11)21(18,19)15-9-8-13-16-10(2)20-17-13/h4-7,14-15H,3,8-9H2,1-2H3. The molecule has 2 rings (SSSR count). The van der Waals surface area contributed by atoms with E-state index in [-0.39, 0.29) is 11.4 Å². The molecule has 2 N–H and O–H groups in total. The van der Waals surface area contributed by atoms with Crippen LogP contribution >= 0.6 is 0 Å². The highest BCUT2D eigenvalue weighted by Crippen LogP contribution is 2.20. The molecule has 0 unspecified atom stereocenters. The van der Waals surface area contributed by atoms with Crippen molar-refractivity contribution in [3.05, 3.63) is 36.0 Å². The van der Waals surface area contributed by atoms with Gasteiger partial charge in [0.15, 0.2) is 5.82 Å². The first-order chi connectivity index (χ1) is 10.0. The van der Waals surface area contributed by atoms with Gasteiger partial charge < -0.3 is 9.84 Å². The summed E-state index contributed by atoms with van der Waals surface area (Å²) in [6.45, 7) is 4.46. The Morgan fingerprint density at radius 2 is 2.05 bits per heavy atom. The number of aryl methyl sites for hydroxylation is 1. The fourth-order valence-corrected chi connectivity index (χ4v) is 3.07. The zero-order valence-electron chi connectivity index (χ0n) is 12.0. The van der Waals surface area contributed by atoms with Gasteiger partial charge >= 0.3 is 0 Å². The molecule has 0 aliphatic carbocycles. The monoisotopic (exact) mass is 310 g/mol. The van der Waals surface area contributed by atoms with Crippen LogP contribution in [0.5, 0.6) is 0 Å². The molecule has 1 heterocycles. The number of aromatic nitrogens is 2. The van der Waals surface area contributed by atoms with Crippen molar-refractivity contribution in [1.82, 2.24) is 14.9 Å². The third-order valence-electron chi connectivity index (χ3n) is 2.75. The molecule has 8 heteroatoms. The molecule has 2 aromatic rings. The van der Waals surface area contributed by atoms with E-state index >= 15 is 0 Å². The number of hydrogen-bond acceptors (Lipinski definition) is 6. The van der Waals surface area contributed by atoms with Gasteiger partial charge in [-0.15, -0.1) is 0 Å². The molecule has 1 aromatic heterocycles. The molecule has 0 aliphatic heterocycles. The second-order valence-corrected chi connectivity index (χ2v) is 6.14. The normalized spacial score (nSPS) is 11.5. The molecule has 0 saturated carbocycles. The van der Waals surface area contributed by atoms with Crippen molar-refractivity contribution in [3.63, 3.8) is 0 Å². The van der Waals surface area contributed by atoms with Crippen molar-refractivity contribution in [1.29, 1.82) is 0 Å². The summed E-state index contributed by atoms with van der Waals surface area (Å²) in [5.41, 5.74) is 0.586. The lowest BCUT2D eigenvalue weighted by molar-refractivity contribution is 0.387. The number of sulfonamides is 1. The quantitative estimate of drug-likeness (QED) is 0.801. The molecule has 0 spiro atoms. The van der Waals surface area contributed by atoms with Gasteiger partial charge in [0.05, 0.1) is 5.69 Å². The summed E-state index contributed by atoms with van der Waals surface area (Å²) in [5, 5.41) is 6.76. The Morgan fingerprint density at radius 3 is 2.71 bits per heavy atom. The number of rotatable bonds is 7. The first kappa shape index (κ1) is 15.5. The van der Waals surface area contributed by atoms with E-state index in [2.05, 4.69) is 20.2 Å². The van der Waals surface area contributed by atoms with Gasteiger partial charge in [0, 0.05) is 26.4 Å². The molecule has 0 saturated heterocycles. The Morgan fingerprint density at radius 1 is 1.29 bits per heavy atom. The van der Waals surface area contributed by atoms with Crippen LogP contribution in [0.1, 0.15) is 18.6 Å². The summed E-state index contributed by atoms with van der Waals surface area (Å²) in [5.74, 6) is 0.945. The van der Waals surface area contributed by atoms with Crippen LogP contribution in [0.25, 0.3) is 0 Å². The Balaban J connectivity index is 2.04. The third-order valence-corrected chi connectivity index (χ3v) is 4.27. The SMILES string of the molecule is CCNc1ccccc1S(=O)(=O)NCCc1noc(C)n1. The van der Waals surface area contributed by atoms with Crippen LogP contribution in [0.4, 0.5) is 5.69 Å². The topological polar surface area (TPSA) is 97.1 Å². The molecule has 0 amide bonds. The second-order valence-electron chi connectivity index (χ2n) is 4.40. The molecule has 21 heavy (non-hydrogen) atoms. The lowest BCUT2D eigenvalue weighted by atomic mass is 10.3. The molecule has 0 fully saturated rings. The molecule has 7 nitrogen and oxygen atoms in total. The third kappa shape index (κ3) is 4.02. The number of nitrogens with one attached hydrogen (secondary N) is 2. The van der Waals surface area contributed by atoms with Crippen molar-refractivity contribution in [2.45, 2.75) is 25.2 Å². The second kappa shape index (κ2) is 6.68. The van der Waals surface area contributed by atoms with Crippen LogP contribution in [0.15, 0.2) is 33.7 Å². The Labute approximate surface area is 123 Å². The van der Waals surface area contributed by atoms with Crippen LogP contribution in [0.3, 0.4) is 0 Å². The van der Waals surface area contributed by atoms with Crippen molar-refractivity contribution in [2.75, 3.05) is 18.4 Å². The van der Waals surface area contributed by atoms with Crippen molar-refractivity contribution < 1.29 is 12.9 Å². The number of hydrogen-bond donors (Lipinski definition) is 2. The Hall–Kier alpha value is -1.93. The van der Waals surface area contributed by atoms with Gasteiger partial charge in [-0.2, -0.15) is 4.98 Å². The first-order valence-electron chi connectivity index (χ1n) is 6.64. The maximum atomic E-state index is 12.3. The van der Waals surface area contributed by atoms with E-state index in [4.69, 9.17) is 4.52 Å². The summed E-state index contributed by atoms with van der Waals surface area (Å²) in [4.78, 5) is 4.26. The Kier molecular flexibility index (Phi) is 4.92. The molecule has 0 aliphatic rings. The van der Waals surface area contributed by atoms with Gasteiger partial charge in [0.1, 0.15) is 4.90 Å². The van der Waals surface area contributed by atoms with Gasteiger partial charge in [-0.25, -0.2) is 13.1 Å². The summed E-state index contributed by atoms with van der Waals surface area (Å²) in [6.07, 6.45) is 0.375. The van der Waals surface area contributed by atoms with Crippen LogP contribution in [0.2, 0.25) is 0 Å². The van der Waals surface area contributed by atoms with Crippen molar-refractivity contribution in [2.24, 2.45) is 0 Å². The molecular weight excluding hydrogens is 292 g/mol. The number of anilines is 1. The van der Waals surface area contributed by atoms with Gasteiger partial charge in [0.2, 0.25) is 15.9 Å². The maximum absolute atomic E-state index is 12.3. The number of nitrogens with zero attached hydrogens (tertiary/aromatic N) is 2. The van der Waals surface area contributed by atoms with Crippen LogP contribution < -0.4 is 10.0 Å². The van der Waals surface area contributed by atoms with Crippen LogP contribution in [0, 0.1) is 6.92 Å². The molecular formula is C13H18N4O3S. The average molecular weight is 310 g/mol. The van der Waals surface area contributed by atoms with Crippen molar-refractivity contribution in [3.8, 4) is 0 Å². The Bertz CT molecular complexity index is 697. The first-order valence-corrected chi connectivity index (χ1v) is 8.13. The lowest BCUT2D eigenvalue weighted by Gasteiger charge is -2.11. The smallest absolute Gasteiger partial charge is 0.242 e. The van der Waals surface area contributed by atoms with E-state index in [1.165, 1.54) is 0 Å². The van der Waals surface area contributed by atoms with E-state index < -0.39 is 10.0 Å². The zero-order chi connectivity index (χ0) is 15.3. The van der Waals surface area contributed by atoms with E-state index in [0.717, 1.165) is 0 Å². The van der Waals surface area contributed by atoms with E-state index in [0.29, 0.717) is 30.4 Å². The van der Waals surface area contributed by atoms with E-state index in [1.807, 2.05) is 6.92 Å². The minimum absolute atomic E-state index is 0.210. The summed E-state index contributed by atoms with van der Waals surface area (Å²) >= 11 is 0. The minimum Gasteiger partial charge on any atom is -0.384 e.